The van der Waals surface area contributed by atoms with Crippen molar-refractivity contribution in [2.45, 2.75) is 77.3 Å². The van der Waals surface area contributed by atoms with E-state index in [2.05, 4.69) is 33.4 Å². The van der Waals surface area contributed by atoms with Crippen molar-refractivity contribution in [1.82, 2.24) is 20.4 Å². The Hall–Kier alpha value is -2.84. The number of likely N-dealkylation sites (tertiary alicyclic amines) is 1. The van der Waals surface area contributed by atoms with E-state index < -0.39 is 24.3 Å². The van der Waals surface area contributed by atoms with Crippen molar-refractivity contribution in [3.05, 3.63) is 17.5 Å². The Morgan fingerprint density at radius 1 is 1.03 bits per heavy atom. The SMILES string of the molecule is Cc1cc(CN2CCC3(CC2)CC(NC(=O)C2(C)CC2)C3)n[nH]1.O=C(O)C(F)(F)F.O=C(O)C(F)(F)F. The van der Waals surface area contributed by atoms with E-state index in [0.29, 0.717) is 17.4 Å². The summed E-state index contributed by atoms with van der Waals surface area (Å²) in [5.74, 6) is -5.22. The Bertz CT molecular complexity index is 933. The van der Waals surface area contributed by atoms with Gasteiger partial charge in [0.15, 0.2) is 0 Å². The van der Waals surface area contributed by atoms with Crippen LogP contribution >= 0.6 is 0 Å². The Morgan fingerprint density at radius 2 is 1.49 bits per heavy atom. The van der Waals surface area contributed by atoms with E-state index in [1.807, 2.05) is 6.92 Å². The molecule has 0 unspecified atom stereocenters. The molecule has 0 radical (unpaired) electrons. The van der Waals surface area contributed by atoms with Gasteiger partial charge in [-0.25, -0.2) is 9.59 Å². The molecule has 3 aliphatic rings. The Labute approximate surface area is 208 Å². The van der Waals surface area contributed by atoms with E-state index in [4.69, 9.17) is 19.8 Å². The van der Waals surface area contributed by atoms with Crippen LogP contribution in [0, 0.1) is 17.8 Å². The molecular weight excluding hydrogens is 514 g/mol. The second-order valence-electron chi connectivity index (χ2n) is 10.1. The first-order chi connectivity index (χ1) is 16.9. The van der Waals surface area contributed by atoms with Gasteiger partial charge < -0.3 is 15.5 Å². The first-order valence-electron chi connectivity index (χ1n) is 11.5. The number of rotatable bonds is 4. The molecule has 1 aromatic rings. The zero-order valence-electron chi connectivity index (χ0n) is 20.3. The number of nitrogens with zero attached hydrogens (tertiary/aromatic N) is 2. The van der Waals surface area contributed by atoms with Crippen molar-refractivity contribution in [2.24, 2.45) is 10.8 Å². The van der Waals surface area contributed by atoms with E-state index in [9.17, 15) is 31.1 Å². The second-order valence-corrected chi connectivity index (χ2v) is 10.1. The summed E-state index contributed by atoms with van der Waals surface area (Å²) in [4.78, 5) is 32.4. The number of H-pyrrole nitrogens is 1. The Balaban J connectivity index is 0.000000286. The maximum absolute atomic E-state index is 12.1. The maximum atomic E-state index is 12.1. The lowest BCUT2D eigenvalue weighted by atomic mass is 9.60. The van der Waals surface area contributed by atoms with Crippen molar-refractivity contribution in [3.63, 3.8) is 0 Å². The standard InChI is InChI=1S/C18H28N4O.2C2HF3O2/c1-13-9-14(21-20-13)12-22-7-5-18(6-8-22)10-15(11-18)19-16(23)17(2)3-4-17;2*3-2(4,5)1(6)7/h9,15H,3-8,10-12H2,1-2H3,(H,19,23)(H,20,21);2*(H,6,7). The van der Waals surface area contributed by atoms with Gasteiger partial charge in [-0.05, 0) is 70.0 Å². The summed E-state index contributed by atoms with van der Waals surface area (Å²) >= 11 is 0. The number of carbonyl (C=O) groups excluding carboxylic acids is 1. The van der Waals surface area contributed by atoms with Crippen molar-refractivity contribution < 1.29 is 50.9 Å². The molecular formula is C22H30F6N4O5. The molecule has 2 heterocycles. The quantitative estimate of drug-likeness (QED) is 0.425. The van der Waals surface area contributed by atoms with Crippen molar-refractivity contribution in [2.75, 3.05) is 13.1 Å². The molecule has 0 bridgehead atoms. The highest BCUT2D eigenvalue weighted by atomic mass is 19.4. The number of hydrogen-bond donors (Lipinski definition) is 4. The number of aryl methyl sites for hydroxylation is 1. The van der Waals surface area contributed by atoms with Crippen LogP contribution in [0.5, 0.6) is 0 Å². The third kappa shape index (κ3) is 9.20. The monoisotopic (exact) mass is 544 g/mol. The number of alkyl halides is 6. The predicted molar refractivity (Wildman–Crippen MR) is 116 cm³/mol. The minimum absolute atomic E-state index is 0.0339. The number of nitrogens with one attached hydrogen (secondary N) is 2. The molecule has 4 N–H and O–H groups in total. The molecule has 1 aliphatic heterocycles. The second kappa shape index (κ2) is 11.3. The van der Waals surface area contributed by atoms with E-state index in [1.54, 1.807) is 0 Å². The van der Waals surface area contributed by atoms with Gasteiger partial charge in [0.05, 0.1) is 5.69 Å². The molecule has 4 rings (SSSR count). The molecule has 1 saturated heterocycles. The van der Waals surface area contributed by atoms with Crippen LogP contribution in [0.2, 0.25) is 0 Å². The predicted octanol–water partition coefficient (Wildman–Crippen LogP) is 3.65. The molecule has 1 amide bonds. The lowest BCUT2D eigenvalue weighted by Crippen LogP contribution is -2.55. The van der Waals surface area contributed by atoms with Crippen molar-refractivity contribution >= 4 is 17.8 Å². The fraction of sp³-hybridized carbons (Fsp3) is 0.727. The summed E-state index contributed by atoms with van der Waals surface area (Å²) in [6.07, 6.45) is -3.13. The topological polar surface area (TPSA) is 136 Å². The van der Waals surface area contributed by atoms with Crippen molar-refractivity contribution in [3.8, 4) is 0 Å². The van der Waals surface area contributed by atoms with Crippen LogP contribution in [0.4, 0.5) is 26.3 Å². The molecule has 3 fully saturated rings. The van der Waals surface area contributed by atoms with Crippen LogP contribution in [0.25, 0.3) is 0 Å². The normalized spacial score (nSPS) is 20.4. The highest BCUT2D eigenvalue weighted by molar-refractivity contribution is 5.85. The number of hydrogen-bond acceptors (Lipinski definition) is 5. The van der Waals surface area contributed by atoms with Crippen LogP contribution in [0.1, 0.15) is 56.8 Å². The number of aliphatic carboxylic acids is 2. The van der Waals surface area contributed by atoms with E-state index in [-0.39, 0.29) is 5.41 Å². The van der Waals surface area contributed by atoms with Gasteiger partial charge in [-0.2, -0.15) is 31.4 Å². The fourth-order valence-corrected chi connectivity index (χ4v) is 4.24. The van der Waals surface area contributed by atoms with Crippen LogP contribution < -0.4 is 5.32 Å². The average Bonchev–Trinajstić information content (AvgIpc) is 3.38. The molecule has 1 spiro atoms. The average molecular weight is 544 g/mol. The number of aromatic amines is 1. The minimum Gasteiger partial charge on any atom is -0.475 e. The van der Waals surface area contributed by atoms with Crippen LogP contribution in [-0.2, 0) is 20.9 Å². The fourth-order valence-electron chi connectivity index (χ4n) is 4.24. The van der Waals surface area contributed by atoms with Gasteiger partial charge in [-0.1, -0.05) is 6.92 Å². The Kier molecular flexibility index (Phi) is 9.26. The number of halogens is 6. The van der Waals surface area contributed by atoms with Crippen LogP contribution in [0.3, 0.4) is 0 Å². The van der Waals surface area contributed by atoms with Gasteiger partial charge in [0.25, 0.3) is 0 Å². The number of carboxylic acids is 2. The number of aromatic nitrogens is 2. The van der Waals surface area contributed by atoms with E-state index >= 15 is 0 Å². The highest BCUT2D eigenvalue weighted by Gasteiger charge is 2.50. The largest absolute Gasteiger partial charge is 0.490 e. The van der Waals surface area contributed by atoms with Gasteiger partial charge in [-0.3, -0.25) is 14.8 Å². The van der Waals surface area contributed by atoms with E-state index in [1.165, 1.54) is 25.7 Å². The highest BCUT2D eigenvalue weighted by Crippen LogP contribution is 2.50. The maximum Gasteiger partial charge on any atom is 0.490 e. The summed E-state index contributed by atoms with van der Waals surface area (Å²) in [5, 5.41) is 24.9. The third-order valence-corrected chi connectivity index (χ3v) is 6.79. The molecule has 0 atom stereocenters. The van der Waals surface area contributed by atoms with Gasteiger partial charge in [0.1, 0.15) is 0 Å². The molecule has 1 aromatic heterocycles. The molecule has 15 heteroatoms. The summed E-state index contributed by atoms with van der Waals surface area (Å²) in [7, 11) is 0. The third-order valence-electron chi connectivity index (χ3n) is 6.79. The number of amides is 1. The lowest BCUT2D eigenvalue weighted by molar-refractivity contribution is -0.193. The van der Waals surface area contributed by atoms with Gasteiger partial charge in [0.2, 0.25) is 5.91 Å². The smallest absolute Gasteiger partial charge is 0.475 e. The number of carboxylic acid groups (broad SMARTS) is 2. The first-order valence-corrected chi connectivity index (χ1v) is 11.5. The first kappa shape index (κ1) is 30.4. The number of carbonyl (C=O) groups is 3. The van der Waals surface area contributed by atoms with E-state index in [0.717, 1.165) is 43.9 Å². The van der Waals surface area contributed by atoms with Crippen LogP contribution in [0.15, 0.2) is 6.07 Å². The lowest BCUT2D eigenvalue weighted by Gasteiger charge is -2.52. The summed E-state index contributed by atoms with van der Waals surface area (Å²) < 4.78 is 63.5. The molecule has 2 saturated carbocycles. The molecule has 37 heavy (non-hydrogen) atoms. The molecule has 9 nitrogen and oxygen atoms in total. The van der Waals surface area contributed by atoms with Gasteiger partial charge >= 0.3 is 24.3 Å². The summed E-state index contributed by atoms with van der Waals surface area (Å²) in [6, 6.07) is 2.57. The Morgan fingerprint density at radius 3 is 1.84 bits per heavy atom. The van der Waals surface area contributed by atoms with Crippen molar-refractivity contribution in [1.29, 1.82) is 0 Å². The summed E-state index contributed by atoms with van der Waals surface area (Å²) in [5.41, 5.74) is 2.75. The van der Waals surface area contributed by atoms with Gasteiger partial charge in [-0.15, -0.1) is 0 Å². The van der Waals surface area contributed by atoms with Gasteiger partial charge in [0, 0.05) is 23.7 Å². The zero-order chi connectivity index (χ0) is 28.2. The molecule has 210 valence electrons. The van der Waals surface area contributed by atoms with Crippen LogP contribution in [-0.4, -0.2) is 74.6 Å². The molecule has 2 aliphatic carbocycles. The summed E-state index contributed by atoms with van der Waals surface area (Å²) in [6.45, 7) is 7.41. The number of piperidine rings is 1. The zero-order valence-corrected chi connectivity index (χ0v) is 20.3. The minimum atomic E-state index is -5.08. The molecule has 0 aromatic carbocycles.